The first kappa shape index (κ1) is 16.6. The Hall–Kier alpha value is -0.420. The molecule has 0 atom stereocenters. The molecule has 1 heterocycles. The summed E-state index contributed by atoms with van der Waals surface area (Å²) in [5, 5.41) is 3.53. The molecule has 0 aromatic carbocycles. The Kier molecular flexibility index (Phi) is 7.00. The Morgan fingerprint density at radius 3 is 2.53 bits per heavy atom. The quantitative estimate of drug-likeness (QED) is 0.794. The van der Waals surface area contributed by atoms with Gasteiger partial charge in [-0.2, -0.15) is 0 Å². The Bertz CT molecular complexity index is 357. The molecule has 1 aromatic rings. The summed E-state index contributed by atoms with van der Waals surface area (Å²) in [6, 6.07) is 4.49. The van der Waals surface area contributed by atoms with Crippen LogP contribution in [0.15, 0.2) is 12.1 Å². The van der Waals surface area contributed by atoms with Crippen LogP contribution in [0.3, 0.4) is 0 Å². The van der Waals surface area contributed by atoms with Crippen molar-refractivity contribution >= 4 is 11.3 Å². The van der Waals surface area contributed by atoms with Crippen LogP contribution < -0.4 is 5.32 Å². The van der Waals surface area contributed by atoms with E-state index in [1.807, 2.05) is 11.3 Å². The normalized spacial score (nSPS) is 12.3. The van der Waals surface area contributed by atoms with Gasteiger partial charge in [0.1, 0.15) is 0 Å². The predicted octanol–water partition coefficient (Wildman–Crippen LogP) is 3.10. The van der Waals surface area contributed by atoms with Crippen molar-refractivity contribution in [1.82, 2.24) is 10.2 Å². The standard InChI is InChI=1S/C15H28N2OS/c1-6-17(9-10-18-5)12-14-8-7-13(19-14)11-16-15(2,3)4/h7-8,16H,6,9-12H2,1-5H3. The molecule has 0 unspecified atom stereocenters. The first-order valence-corrected chi connectivity index (χ1v) is 7.80. The molecule has 0 aliphatic carbocycles. The molecule has 0 radical (unpaired) electrons. The topological polar surface area (TPSA) is 24.5 Å². The number of hydrogen-bond acceptors (Lipinski definition) is 4. The maximum Gasteiger partial charge on any atom is 0.0589 e. The highest BCUT2D eigenvalue weighted by Gasteiger charge is 2.10. The van der Waals surface area contributed by atoms with Crippen LogP contribution in [0.1, 0.15) is 37.4 Å². The Morgan fingerprint density at radius 2 is 1.95 bits per heavy atom. The van der Waals surface area contributed by atoms with Gasteiger partial charge in [0.2, 0.25) is 0 Å². The Balaban J connectivity index is 2.45. The molecule has 0 bridgehead atoms. The summed E-state index contributed by atoms with van der Waals surface area (Å²) in [4.78, 5) is 5.26. The van der Waals surface area contributed by atoms with Crippen molar-refractivity contribution in [2.75, 3.05) is 26.8 Å². The van der Waals surface area contributed by atoms with Crippen molar-refractivity contribution in [3.05, 3.63) is 21.9 Å². The number of nitrogens with zero attached hydrogens (tertiary/aromatic N) is 1. The van der Waals surface area contributed by atoms with Crippen molar-refractivity contribution in [2.24, 2.45) is 0 Å². The van der Waals surface area contributed by atoms with E-state index in [4.69, 9.17) is 4.74 Å². The fourth-order valence-electron chi connectivity index (χ4n) is 1.74. The lowest BCUT2D eigenvalue weighted by atomic mass is 10.1. The number of hydrogen-bond donors (Lipinski definition) is 1. The molecule has 0 fully saturated rings. The third-order valence-corrected chi connectivity index (χ3v) is 4.02. The van der Waals surface area contributed by atoms with Gasteiger partial charge in [-0.3, -0.25) is 4.90 Å². The van der Waals surface area contributed by atoms with Crippen LogP contribution >= 0.6 is 11.3 Å². The molecule has 3 nitrogen and oxygen atoms in total. The van der Waals surface area contributed by atoms with Gasteiger partial charge in [0.15, 0.2) is 0 Å². The van der Waals surface area contributed by atoms with E-state index in [2.05, 4.69) is 50.0 Å². The number of rotatable bonds is 8. The van der Waals surface area contributed by atoms with Crippen LogP contribution in [0, 0.1) is 0 Å². The zero-order chi connectivity index (χ0) is 14.3. The highest BCUT2D eigenvalue weighted by atomic mass is 32.1. The molecule has 0 saturated heterocycles. The second-order valence-electron chi connectivity index (χ2n) is 5.83. The van der Waals surface area contributed by atoms with Crippen LogP contribution in [0.25, 0.3) is 0 Å². The van der Waals surface area contributed by atoms with Gasteiger partial charge >= 0.3 is 0 Å². The van der Waals surface area contributed by atoms with Gasteiger partial charge in [0.25, 0.3) is 0 Å². The molecule has 1 rings (SSSR count). The average molecular weight is 284 g/mol. The third kappa shape index (κ3) is 7.06. The van der Waals surface area contributed by atoms with Crippen molar-refractivity contribution in [3.8, 4) is 0 Å². The average Bonchev–Trinajstić information content (AvgIpc) is 2.79. The molecule has 0 amide bonds. The molecular weight excluding hydrogens is 256 g/mol. The summed E-state index contributed by atoms with van der Waals surface area (Å²) in [6.07, 6.45) is 0. The van der Waals surface area contributed by atoms with Crippen LogP contribution in [0.2, 0.25) is 0 Å². The molecule has 0 spiro atoms. The molecule has 0 aliphatic heterocycles. The van der Waals surface area contributed by atoms with Crippen LogP contribution in [-0.2, 0) is 17.8 Å². The van der Waals surface area contributed by atoms with Gasteiger partial charge in [-0.1, -0.05) is 6.92 Å². The maximum absolute atomic E-state index is 5.14. The van der Waals surface area contributed by atoms with E-state index in [1.165, 1.54) is 9.75 Å². The Morgan fingerprint density at radius 1 is 1.26 bits per heavy atom. The SMILES string of the molecule is CCN(CCOC)Cc1ccc(CNC(C)(C)C)s1. The van der Waals surface area contributed by atoms with Gasteiger partial charge in [-0.15, -0.1) is 11.3 Å². The minimum Gasteiger partial charge on any atom is -0.383 e. The monoisotopic (exact) mass is 284 g/mol. The van der Waals surface area contributed by atoms with E-state index >= 15 is 0 Å². The van der Waals surface area contributed by atoms with Crippen LogP contribution in [0.5, 0.6) is 0 Å². The predicted molar refractivity (Wildman–Crippen MR) is 83.7 cm³/mol. The van der Waals surface area contributed by atoms with Crippen molar-refractivity contribution < 1.29 is 4.74 Å². The van der Waals surface area contributed by atoms with Crippen LogP contribution in [-0.4, -0.2) is 37.2 Å². The summed E-state index contributed by atoms with van der Waals surface area (Å²) in [6.45, 7) is 13.7. The number of ether oxygens (including phenoxy) is 1. The third-order valence-electron chi connectivity index (χ3n) is 2.95. The molecule has 4 heteroatoms. The molecule has 0 saturated carbocycles. The lowest BCUT2D eigenvalue weighted by molar-refractivity contribution is 0.148. The fraction of sp³-hybridized carbons (Fsp3) is 0.733. The van der Waals surface area contributed by atoms with E-state index in [9.17, 15) is 0 Å². The van der Waals surface area contributed by atoms with Crippen molar-refractivity contribution in [1.29, 1.82) is 0 Å². The molecule has 110 valence electrons. The van der Waals surface area contributed by atoms with E-state index in [1.54, 1.807) is 7.11 Å². The highest BCUT2D eigenvalue weighted by molar-refractivity contribution is 7.11. The lowest BCUT2D eigenvalue weighted by Gasteiger charge is -2.20. The summed E-state index contributed by atoms with van der Waals surface area (Å²) >= 11 is 1.91. The fourth-order valence-corrected chi connectivity index (χ4v) is 2.74. The number of nitrogens with one attached hydrogen (secondary N) is 1. The summed E-state index contributed by atoms with van der Waals surface area (Å²) in [5.74, 6) is 0. The number of likely N-dealkylation sites (N-methyl/N-ethyl adjacent to an activating group) is 1. The van der Waals surface area contributed by atoms with E-state index in [0.717, 1.165) is 32.8 Å². The lowest BCUT2D eigenvalue weighted by Crippen LogP contribution is -2.34. The second-order valence-corrected chi connectivity index (χ2v) is 7.09. The van der Waals surface area contributed by atoms with Crippen molar-refractivity contribution in [2.45, 2.75) is 46.3 Å². The van der Waals surface area contributed by atoms with E-state index < -0.39 is 0 Å². The number of methoxy groups -OCH3 is 1. The molecule has 0 aliphatic rings. The van der Waals surface area contributed by atoms with Gasteiger partial charge in [0, 0.05) is 42.0 Å². The van der Waals surface area contributed by atoms with Gasteiger partial charge < -0.3 is 10.1 Å². The molecular formula is C15H28N2OS. The zero-order valence-electron chi connectivity index (χ0n) is 13.0. The first-order valence-electron chi connectivity index (χ1n) is 6.98. The zero-order valence-corrected chi connectivity index (χ0v) is 13.8. The Labute approximate surface area is 122 Å². The van der Waals surface area contributed by atoms with Gasteiger partial charge in [-0.05, 0) is 39.4 Å². The summed E-state index contributed by atoms with van der Waals surface area (Å²) in [7, 11) is 1.76. The smallest absolute Gasteiger partial charge is 0.0589 e. The summed E-state index contributed by atoms with van der Waals surface area (Å²) in [5.41, 5.74) is 0.179. The summed E-state index contributed by atoms with van der Waals surface area (Å²) < 4.78 is 5.14. The van der Waals surface area contributed by atoms with Gasteiger partial charge in [-0.25, -0.2) is 0 Å². The first-order chi connectivity index (χ1) is 8.94. The maximum atomic E-state index is 5.14. The van der Waals surface area contributed by atoms with Crippen molar-refractivity contribution in [3.63, 3.8) is 0 Å². The van der Waals surface area contributed by atoms with Crippen LogP contribution in [0.4, 0.5) is 0 Å². The minimum atomic E-state index is 0.179. The largest absolute Gasteiger partial charge is 0.383 e. The van der Waals surface area contributed by atoms with E-state index in [-0.39, 0.29) is 5.54 Å². The van der Waals surface area contributed by atoms with Gasteiger partial charge in [0.05, 0.1) is 6.61 Å². The molecule has 1 N–H and O–H groups in total. The molecule has 19 heavy (non-hydrogen) atoms. The molecule has 1 aromatic heterocycles. The highest BCUT2D eigenvalue weighted by Crippen LogP contribution is 2.19. The number of thiophene rings is 1. The minimum absolute atomic E-state index is 0.179. The second kappa shape index (κ2) is 8.00. The van der Waals surface area contributed by atoms with E-state index in [0.29, 0.717) is 0 Å².